The number of non-ortho nitro benzene ring substituents is 1. The van der Waals surface area contributed by atoms with Crippen LogP contribution in [0.1, 0.15) is 12.0 Å². The van der Waals surface area contributed by atoms with E-state index in [9.17, 15) is 23.3 Å². The quantitative estimate of drug-likeness (QED) is 0.254. The van der Waals surface area contributed by atoms with Crippen molar-refractivity contribution in [1.82, 2.24) is 4.31 Å². The molecule has 0 heterocycles. The van der Waals surface area contributed by atoms with Crippen LogP contribution < -0.4 is 0 Å². The molecule has 0 fully saturated rings. The third-order valence-corrected chi connectivity index (χ3v) is 6.22. The summed E-state index contributed by atoms with van der Waals surface area (Å²) in [5.74, 6) is -0.691. The normalized spacial score (nSPS) is 12.3. The maximum atomic E-state index is 13.3. The zero-order valence-corrected chi connectivity index (χ0v) is 16.7. The Balaban J connectivity index is 2.47. The zero-order chi connectivity index (χ0) is 21.4. The Labute approximate surface area is 169 Å². The number of benzene rings is 2. The van der Waals surface area contributed by atoms with Gasteiger partial charge in [-0.05, 0) is 30.5 Å². The molecule has 0 amide bonds. The van der Waals surface area contributed by atoms with Crippen LogP contribution in [0, 0.1) is 10.1 Å². The molecular weight excluding hydrogens is 396 g/mol. The van der Waals surface area contributed by atoms with Gasteiger partial charge in [-0.25, -0.2) is 8.42 Å². The highest BCUT2D eigenvalue weighted by molar-refractivity contribution is 7.89. The fourth-order valence-corrected chi connectivity index (χ4v) is 4.41. The number of nitrogens with zero attached hydrogens (tertiary/aromatic N) is 2. The van der Waals surface area contributed by atoms with E-state index in [2.05, 4.69) is 6.58 Å². The van der Waals surface area contributed by atoms with Gasteiger partial charge in [0.25, 0.3) is 5.69 Å². The van der Waals surface area contributed by atoms with Crippen LogP contribution >= 0.6 is 0 Å². The number of sulfonamides is 1. The summed E-state index contributed by atoms with van der Waals surface area (Å²) in [5, 5.41) is 10.9. The van der Waals surface area contributed by atoms with E-state index >= 15 is 0 Å². The summed E-state index contributed by atoms with van der Waals surface area (Å²) in [7, 11) is -2.93. The van der Waals surface area contributed by atoms with Crippen LogP contribution in [0.4, 0.5) is 5.69 Å². The molecule has 0 saturated carbocycles. The first-order valence-electron chi connectivity index (χ1n) is 8.80. The molecular formula is C20H22N2O6S. The van der Waals surface area contributed by atoms with E-state index in [4.69, 9.17) is 4.74 Å². The summed E-state index contributed by atoms with van der Waals surface area (Å²) < 4.78 is 32.5. The molecule has 0 saturated heterocycles. The predicted octanol–water partition coefficient (Wildman–Crippen LogP) is 2.95. The van der Waals surface area contributed by atoms with Crippen molar-refractivity contribution in [1.29, 1.82) is 0 Å². The van der Waals surface area contributed by atoms with E-state index in [0.717, 1.165) is 34.1 Å². The van der Waals surface area contributed by atoms with Crippen LogP contribution in [-0.2, 0) is 26.0 Å². The molecule has 2 aromatic rings. The van der Waals surface area contributed by atoms with Crippen molar-refractivity contribution in [3.05, 3.63) is 82.9 Å². The lowest BCUT2D eigenvalue weighted by Gasteiger charge is -2.29. The molecule has 0 unspecified atom stereocenters. The highest BCUT2D eigenvalue weighted by atomic mass is 32.2. The summed E-state index contributed by atoms with van der Waals surface area (Å²) in [6.07, 6.45) is 1.99. The molecule has 1 atom stereocenters. The average molecular weight is 418 g/mol. The number of esters is 1. The third-order valence-electron chi connectivity index (χ3n) is 4.30. The van der Waals surface area contributed by atoms with Crippen molar-refractivity contribution < 1.29 is 22.9 Å². The van der Waals surface area contributed by atoms with E-state index < -0.39 is 27.0 Å². The van der Waals surface area contributed by atoms with E-state index in [1.807, 2.05) is 6.07 Å². The summed E-state index contributed by atoms with van der Waals surface area (Å²) in [6, 6.07) is 12.4. The lowest BCUT2D eigenvalue weighted by molar-refractivity contribution is -0.384. The van der Waals surface area contributed by atoms with Crippen molar-refractivity contribution in [3.8, 4) is 0 Å². The molecule has 0 aromatic heterocycles. The van der Waals surface area contributed by atoms with Gasteiger partial charge < -0.3 is 4.74 Å². The van der Waals surface area contributed by atoms with Gasteiger partial charge in [0.05, 0.1) is 16.9 Å². The Bertz CT molecular complexity index is 958. The first-order valence-corrected chi connectivity index (χ1v) is 10.2. The van der Waals surface area contributed by atoms with Crippen molar-refractivity contribution in [2.75, 3.05) is 13.7 Å². The highest BCUT2D eigenvalue weighted by Gasteiger charge is 2.36. The second-order valence-electron chi connectivity index (χ2n) is 6.17. The van der Waals surface area contributed by atoms with Gasteiger partial charge in [-0.3, -0.25) is 14.9 Å². The molecule has 0 aliphatic heterocycles. The second kappa shape index (κ2) is 9.94. The van der Waals surface area contributed by atoms with E-state index in [0.29, 0.717) is 6.42 Å². The first-order chi connectivity index (χ1) is 13.8. The number of hydrogen-bond donors (Lipinski definition) is 0. The molecule has 0 aliphatic carbocycles. The lowest BCUT2D eigenvalue weighted by Crippen LogP contribution is -2.47. The van der Waals surface area contributed by atoms with Gasteiger partial charge in [-0.15, -0.1) is 6.58 Å². The minimum absolute atomic E-state index is 0.00935. The van der Waals surface area contributed by atoms with Crippen molar-refractivity contribution >= 4 is 21.7 Å². The molecule has 154 valence electrons. The van der Waals surface area contributed by atoms with E-state index in [1.54, 1.807) is 30.3 Å². The molecule has 2 rings (SSSR count). The molecule has 0 radical (unpaired) electrons. The second-order valence-corrected chi connectivity index (χ2v) is 8.06. The van der Waals surface area contributed by atoms with Gasteiger partial charge >= 0.3 is 5.97 Å². The SMILES string of the molecule is C=CCCN([C@@H](Cc1ccccc1)C(=O)OC)S(=O)(=O)c1ccc([N+](=O)[O-])cc1. The van der Waals surface area contributed by atoms with Crippen molar-refractivity contribution in [2.24, 2.45) is 0 Å². The van der Waals surface area contributed by atoms with Gasteiger partial charge in [-0.1, -0.05) is 36.4 Å². The number of rotatable bonds is 10. The fourth-order valence-electron chi connectivity index (χ4n) is 2.81. The Kier molecular flexibility index (Phi) is 7.63. The van der Waals surface area contributed by atoms with Gasteiger partial charge in [0.1, 0.15) is 6.04 Å². The van der Waals surface area contributed by atoms with Gasteiger partial charge in [0.15, 0.2) is 0 Å². The number of carbonyl (C=O) groups excluding carboxylic acids is 1. The molecule has 0 bridgehead atoms. The minimum atomic E-state index is -4.13. The van der Waals surface area contributed by atoms with Crippen molar-refractivity contribution in [2.45, 2.75) is 23.8 Å². The van der Waals surface area contributed by atoms with Crippen molar-refractivity contribution in [3.63, 3.8) is 0 Å². The Morgan fingerprint density at radius 2 is 1.83 bits per heavy atom. The van der Waals surface area contributed by atoms with Gasteiger partial charge in [0.2, 0.25) is 10.0 Å². The maximum Gasteiger partial charge on any atom is 0.324 e. The lowest BCUT2D eigenvalue weighted by atomic mass is 10.1. The summed E-state index contributed by atoms with van der Waals surface area (Å²) >= 11 is 0. The van der Waals surface area contributed by atoms with Crippen LogP contribution in [0.2, 0.25) is 0 Å². The van der Waals surface area contributed by atoms with E-state index in [1.165, 1.54) is 7.11 Å². The topological polar surface area (TPSA) is 107 Å². The largest absolute Gasteiger partial charge is 0.468 e. The first kappa shape index (κ1) is 22.3. The molecule has 0 aliphatic rings. The minimum Gasteiger partial charge on any atom is -0.468 e. The highest BCUT2D eigenvalue weighted by Crippen LogP contribution is 2.24. The molecule has 0 N–H and O–H groups in total. The molecule has 9 heteroatoms. The molecule has 8 nitrogen and oxygen atoms in total. The Morgan fingerprint density at radius 1 is 1.21 bits per heavy atom. The number of nitro benzene ring substituents is 1. The smallest absolute Gasteiger partial charge is 0.324 e. The summed E-state index contributed by atoms with van der Waals surface area (Å²) in [4.78, 5) is 22.6. The fraction of sp³-hybridized carbons (Fsp3) is 0.250. The number of methoxy groups -OCH3 is 1. The van der Waals surface area contributed by atoms with Crippen LogP contribution in [0.25, 0.3) is 0 Å². The van der Waals surface area contributed by atoms with E-state index in [-0.39, 0.29) is 23.5 Å². The number of hydrogen-bond acceptors (Lipinski definition) is 6. The van der Waals surface area contributed by atoms with Crippen LogP contribution in [0.5, 0.6) is 0 Å². The summed E-state index contributed by atoms with van der Waals surface area (Å²) in [6.45, 7) is 3.62. The standard InChI is InChI=1S/C20H22N2O6S/c1-3-4-14-21(19(20(23)28-2)15-16-8-6-5-7-9-16)29(26,27)18-12-10-17(11-13-18)22(24)25/h3,5-13,19H,1,4,14-15H2,2H3/t19-/m0/s1. The number of ether oxygens (including phenoxy) is 1. The van der Waals surface area contributed by atoms with Crippen LogP contribution in [0.3, 0.4) is 0 Å². The average Bonchev–Trinajstić information content (AvgIpc) is 2.73. The molecule has 0 spiro atoms. The maximum absolute atomic E-state index is 13.3. The predicted molar refractivity (Wildman–Crippen MR) is 108 cm³/mol. The molecule has 2 aromatic carbocycles. The Hall–Kier alpha value is -3.04. The number of nitro groups is 1. The molecule has 29 heavy (non-hydrogen) atoms. The Morgan fingerprint density at radius 3 is 2.34 bits per heavy atom. The zero-order valence-electron chi connectivity index (χ0n) is 15.9. The van der Waals surface area contributed by atoms with Crippen LogP contribution in [0.15, 0.2) is 72.1 Å². The monoisotopic (exact) mass is 418 g/mol. The number of carbonyl (C=O) groups is 1. The third kappa shape index (κ3) is 5.49. The van der Waals surface area contributed by atoms with Gasteiger partial charge in [-0.2, -0.15) is 4.31 Å². The van der Waals surface area contributed by atoms with Gasteiger partial charge in [0, 0.05) is 18.7 Å². The summed E-state index contributed by atoms with van der Waals surface area (Å²) in [5.41, 5.74) is 0.542. The van der Waals surface area contributed by atoms with Crippen LogP contribution in [-0.4, -0.2) is 43.3 Å².